The molecule has 0 spiro atoms. The number of hydrogen-bond acceptors (Lipinski definition) is 1. The summed E-state index contributed by atoms with van der Waals surface area (Å²) in [5, 5.41) is 3.59. The van der Waals surface area contributed by atoms with Crippen molar-refractivity contribution < 1.29 is 4.79 Å². The lowest BCUT2D eigenvalue weighted by atomic mass is 10.1. The van der Waals surface area contributed by atoms with E-state index in [2.05, 4.69) is 36.5 Å². The predicted molar refractivity (Wildman–Crippen MR) is 93.0 cm³/mol. The fraction of sp³-hybridized carbons (Fsp3) is 0.211. The molecule has 0 radical (unpaired) electrons. The normalized spacial score (nSPS) is 10.8. The van der Waals surface area contributed by atoms with Gasteiger partial charge in [0, 0.05) is 17.6 Å². The summed E-state index contributed by atoms with van der Waals surface area (Å²) in [5.74, 6) is -0.0705. The van der Waals surface area contributed by atoms with E-state index in [0.29, 0.717) is 11.6 Å². The molecule has 0 atom stereocenters. The summed E-state index contributed by atoms with van der Waals surface area (Å²) < 4.78 is 0. The van der Waals surface area contributed by atoms with Crippen molar-refractivity contribution in [3.63, 3.8) is 0 Å². The van der Waals surface area contributed by atoms with Crippen LogP contribution in [-0.4, -0.2) is 12.5 Å². The molecule has 2 rings (SSSR count). The van der Waals surface area contributed by atoms with Crippen molar-refractivity contribution in [1.82, 2.24) is 5.32 Å². The Kier molecular flexibility index (Phi) is 6.23. The van der Waals surface area contributed by atoms with Gasteiger partial charge in [-0.05, 0) is 49.1 Å². The number of carbonyl (C=O) groups excluding carboxylic acids is 1. The smallest absolute Gasteiger partial charge is 0.243 e. The van der Waals surface area contributed by atoms with Gasteiger partial charge in [0.25, 0.3) is 0 Å². The first-order valence-electron chi connectivity index (χ1n) is 7.40. The van der Waals surface area contributed by atoms with Gasteiger partial charge in [-0.25, -0.2) is 0 Å². The van der Waals surface area contributed by atoms with E-state index in [9.17, 15) is 4.79 Å². The molecule has 2 nitrogen and oxygen atoms in total. The van der Waals surface area contributed by atoms with Gasteiger partial charge < -0.3 is 5.32 Å². The monoisotopic (exact) mass is 313 g/mol. The summed E-state index contributed by atoms with van der Waals surface area (Å²) in [5.41, 5.74) is 3.53. The molecule has 0 fully saturated rings. The van der Waals surface area contributed by atoms with E-state index >= 15 is 0 Å². The van der Waals surface area contributed by atoms with Crippen LogP contribution in [0.3, 0.4) is 0 Å². The van der Waals surface area contributed by atoms with Crippen molar-refractivity contribution in [3.05, 3.63) is 76.3 Å². The fourth-order valence-corrected chi connectivity index (χ4v) is 2.19. The highest BCUT2D eigenvalue weighted by Gasteiger charge is 1.97. The largest absolute Gasteiger partial charge is 0.353 e. The lowest BCUT2D eigenvalue weighted by Crippen LogP contribution is -2.22. The number of nitrogens with one attached hydrogen (secondary N) is 1. The summed E-state index contributed by atoms with van der Waals surface area (Å²) in [6, 6.07) is 15.9. The van der Waals surface area contributed by atoms with Crippen molar-refractivity contribution >= 4 is 23.6 Å². The maximum Gasteiger partial charge on any atom is 0.243 e. The topological polar surface area (TPSA) is 29.1 Å². The van der Waals surface area contributed by atoms with E-state index in [1.807, 2.05) is 12.1 Å². The molecular weight excluding hydrogens is 294 g/mol. The first kappa shape index (κ1) is 16.3. The molecule has 114 valence electrons. The molecule has 1 amide bonds. The van der Waals surface area contributed by atoms with Crippen LogP contribution in [0.15, 0.2) is 54.6 Å². The lowest BCUT2D eigenvalue weighted by Gasteiger charge is -2.03. The minimum atomic E-state index is -0.0705. The molecule has 0 saturated heterocycles. The minimum Gasteiger partial charge on any atom is -0.353 e. The van der Waals surface area contributed by atoms with E-state index in [1.54, 1.807) is 24.3 Å². The molecule has 22 heavy (non-hydrogen) atoms. The summed E-state index contributed by atoms with van der Waals surface area (Å²) in [6.07, 6.45) is 5.24. The van der Waals surface area contributed by atoms with Crippen LogP contribution in [0.5, 0.6) is 0 Å². The van der Waals surface area contributed by atoms with Crippen molar-refractivity contribution in [2.45, 2.75) is 19.8 Å². The average molecular weight is 314 g/mol. The number of carbonyl (C=O) groups is 1. The Morgan fingerprint density at radius 3 is 2.45 bits per heavy atom. The highest BCUT2D eigenvalue weighted by atomic mass is 35.5. The number of amides is 1. The zero-order chi connectivity index (χ0) is 15.8. The molecule has 0 unspecified atom stereocenters. The van der Waals surface area contributed by atoms with E-state index in [4.69, 9.17) is 11.6 Å². The molecule has 0 aromatic heterocycles. The number of halogens is 1. The van der Waals surface area contributed by atoms with Gasteiger partial charge in [0.05, 0.1) is 0 Å². The first-order chi connectivity index (χ1) is 10.6. The van der Waals surface area contributed by atoms with Crippen LogP contribution in [0, 0.1) is 6.92 Å². The van der Waals surface area contributed by atoms with Crippen LogP contribution in [0.2, 0.25) is 5.02 Å². The van der Waals surface area contributed by atoms with Gasteiger partial charge in [0.15, 0.2) is 0 Å². The molecule has 2 aromatic carbocycles. The number of hydrogen-bond donors (Lipinski definition) is 1. The quantitative estimate of drug-likeness (QED) is 0.621. The number of rotatable bonds is 6. The first-order valence-corrected chi connectivity index (χ1v) is 7.78. The van der Waals surface area contributed by atoms with Crippen LogP contribution in [0.25, 0.3) is 6.08 Å². The standard InChI is InChI=1S/C19H20ClNO/c1-15-4-6-16(7-5-15)3-2-14-21-19(22)13-10-17-8-11-18(20)12-9-17/h4-13H,2-3,14H2,1H3,(H,21,22)/b13-10+. The van der Waals surface area contributed by atoms with E-state index < -0.39 is 0 Å². The zero-order valence-electron chi connectivity index (χ0n) is 12.7. The Morgan fingerprint density at radius 2 is 1.77 bits per heavy atom. The van der Waals surface area contributed by atoms with Gasteiger partial charge in [-0.3, -0.25) is 4.79 Å². The third-order valence-corrected chi connectivity index (χ3v) is 3.61. The van der Waals surface area contributed by atoms with Crippen molar-refractivity contribution in [3.8, 4) is 0 Å². The molecule has 0 saturated carbocycles. The molecule has 1 N–H and O–H groups in total. The molecular formula is C19H20ClNO. The second-order valence-corrected chi connectivity index (χ2v) is 5.70. The van der Waals surface area contributed by atoms with E-state index in [1.165, 1.54) is 11.1 Å². The summed E-state index contributed by atoms with van der Waals surface area (Å²) in [7, 11) is 0. The Labute approximate surface area is 136 Å². The Bertz CT molecular complexity index is 629. The fourth-order valence-electron chi connectivity index (χ4n) is 2.06. The maximum absolute atomic E-state index is 11.7. The van der Waals surface area contributed by atoms with Crippen LogP contribution in [0.1, 0.15) is 23.1 Å². The maximum atomic E-state index is 11.7. The third-order valence-electron chi connectivity index (χ3n) is 3.36. The Morgan fingerprint density at radius 1 is 1.09 bits per heavy atom. The number of benzene rings is 2. The Balaban J connectivity index is 1.69. The van der Waals surface area contributed by atoms with E-state index in [-0.39, 0.29) is 5.91 Å². The minimum absolute atomic E-state index is 0.0705. The molecule has 0 heterocycles. The van der Waals surface area contributed by atoms with Crippen LogP contribution in [-0.2, 0) is 11.2 Å². The van der Waals surface area contributed by atoms with Gasteiger partial charge in [0.1, 0.15) is 0 Å². The van der Waals surface area contributed by atoms with Gasteiger partial charge >= 0.3 is 0 Å². The average Bonchev–Trinajstić information content (AvgIpc) is 2.53. The van der Waals surface area contributed by atoms with Gasteiger partial charge in [-0.2, -0.15) is 0 Å². The molecule has 0 bridgehead atoms. The molecule has 3 heteroatoms. The summed E-state index contributed by atoms with van der Waals surface area (Å²) >= 11 is 5.81. The highest BCUT2D eigenvalue weighted by Crippen LogP contribution is 2.10. The van der Waals surface area contributed by atoms with Gasteiger partial charge in [0.2, 0.25) is 5.91 Å². The Hall–Kier alpha value is -2.06. The van der Waals surface area contributed by atoms with Crippen LogP contribution >= 0.6 is 11.6 Å². The lowest BCUT2D eigenvalue weighted by molar-refractivity contribution is -0.116. The zero-order valence-corrected chi connectivity index (χ0v) is 13.4. The van der Waals surface area contributed by atoms with Gasteiger partial charge in [-0.1, -0.05) is 53.6 Å². The third kappa shape index (κ3) is 5.74. The summed E-state index contributed by atoms with van der Waals surface area (Å²) in [6.45, 7) is 2.76. The summed E-state index contributed by atoms with van der Waals surface area (Å²) in [4.78, 5) is 11.7. The molecule has 0 aliphatic carbocycles. The molecule has 0 aliphatic rings. The molecule has 0 aliphatic heterocycles. The molecule has 2 aromatic rings. The van der Waals surface area contributed by atoms with Crippen molar-refractivity contribution in [2.75, 3.05) is 6.54 Å². The highest BCUT2D eigenvalue weighted by molar-refractivity contribution is 6.30. The predicted octanol–water partition coefficient (Wildman–Crippen LogP) is 4.41. The number of aryl methyl sites for hydroxylation is 2. The van der Waals surface area contributed by atoms with Crippen LogP contribution in [0.4, 0.5) is 0 Å². The van der Waals surface area contributed by atoms with Gasteiger partial charge in [-0.15, -0.1) is 0 Å². The van der Waals surface area contributed by atoms with Crippen molar-refractivity contribution in [2.24, 2.45) is 0 Å². The van der Waals surface area contributed by atoms with E-state index in [0.717, 1.165) is 18.4 Å². The SMILES string of the molecule is Cc1ccc(CCCNC(=O)/C=C/c2ccc(Cl)cc2)cc1. The second-order valence-electron chi connectivity index (χ2n) is 5.27. The van der Waals surface area contributed by atoms with Crippen molar-refractivity contribution in [1.29, 1.82) is 0 Å². The second kappa shape index (κ2) is 8.40. The van der Waals surface area contributed by atoms with Crippen LogP contribution < -0.4 is 5.32 Å².